The smallest absolute Gasteiger partial charge is 0.311 e. The third-order valence-electron chi connectivity index (χ3n) is 25.5. The maximum Gasteiger partial charge on any atom is 0.311 e. The lowest BCUT2D eigenvalue weighted by atomic mass is 9.69. The molecule has 10 heteroatoms. The van der Waals surface area contributed by atoms with E-state index in [-0.39, 0.29) is 162 Å². The lowest BCUT2D eigenvalue weighted by Gasteiger charge is -2.41. The highest BCUT2D eigenvalue weighted by molar-refractivity contribution is 5.78. The molecule has 10 nitrogen and oxygen atoms in total. The number of fused-ring (bicyclic) bond motifs is 5. The molecule has 0 aromatic carbocycles. The van der Waals surface area contributed by atoms with Gasteiger partial charge in [-0.1, -0.05) is 218 Å². The minimum Gasteiger partial charge on any atom is -0.462 e. The molecule has 0 radical (unpaired) electrons. The van der Waals surface area contributed by atoms with E-state index in [1.54, 1.807) is 0 Å². The third-order valence-corrected chi connectivity index (χ3v) is 25.5. The summed E-state index contributed by atoms with van der Waals surface area (Å²) in [5.41, 5.74) is -1.58. The van der Waals surface area contributed by atoms with Crippen molar-refractivity contribution in [3.05, 3.63) is 0 Å². The Kier molecular flexibility index (Phi) is 51.3. The lowest BCUT2D eigenvalue weighted by molar-refractivity contribution is -0.167. The minimum atomic E-state index is -0.323. The molecule has 0 amide bonds. The second-order valence-electron chi connectivity index (χ2n) is 33.5. The Morgan fingerprint density at radius 2 is 0.439 bits per heavy atom. The van der Waals surface area contributed by atoms with Crippen molar-refractivity contribution in [2.75, 3.05) is 0 Å². The van der Waals surface area contributed by atoms with Crippen molar-refractivity contribution in [3.8, 4) is 0 Å². The first kappa shape index (κ1) is 104. The fraction of sp³-hybridized carbons (Fsp3) is 0.943. The summed E-state index contributed by atoms with van der Waals surface area (Å²) < 4.78 is 29.1. The number of carbonyl (C=O) groups is 5. The molecule has 10 aliphatic rings. The minimum absolute atomic E-state index is 0. The number of ether oxygens (including phenoxy) is 5. The number of esters is 5. The molecular formula is C88H176O10. The Labute approximate surface area is 613 Å². The SMILES string of the molecule is C.C.C.C.C.C.C.C.C.C.CCC(C)(C)C(=O)OC1CCC2CCCC21.CCC(C)(C)C(=O)OC1CCC2CCCCC21.CCC(C)(C)C(=O)OC1CCC2CCCCC2C1.CCC(C)(C)C(=O)OC1CCCC2CCCCC21.CCC(C)(C)C(=O)OC1CCCCC2CCCCC21. The largest absolute Gasteiger partial charge is 0.462 e. The van der Waals surface area contributed by atoms with E-state index < -0.39 is 0 Å². The van der Waals surface area contributed by atoms with Gasteiger partial charge in [0.15, 0.2) is 0 Å². The molecule has 10 aliphatic carbocycles. The highest BCUT2D eigenvalue weighted by Crippen LogP contribution is 2.48. The Bertz CT molecular complexity index is 2140. The molecular weight excluding hydrogens is 1220 g/mol. The lowest BCUT2D eigenvalue weighted by Crippen LogP contribution is -2.40. The molecule has 10 fully saturated rings. The van der Waals surface area contributed by atoms with E-state index >= 15 is 0 Å². The maximum absolute atomic E-state index is 12.3. The van der Waals surface area contributed by atoms with E-state index in [1.807, 2.05) is 76.2 Å². The molecule has 0 N–H and O–H groups in total. The zero-order valence-electron chi connectivity index (χ0n) is 59.6. The Morgan fingerprint density at radius 1 is 0.235 bits per heavy atom. The molecule has 588 valence electrons. The van der Waals surface area contributed by atoms with E-state index in [0.29, 0.717) is 23.7 Å². The molecule has 10 rings (SSSR count). The van der Waals surface area contributed by atoms with E-state index in [9.17, 15) is 24.0 Å². The molecule has 15 atom stereocenters. The predicted octanol–water partition coefficient (Wildman–Crippen LogP) is 27.2. The second-order valence-corrected chi connectivity index (χ2v) is 33.5. The van der Waals surface area contributed by atoms with Gasteiger partial charge in [0.1, 0.15) is 30.5 Å². The van der Waals surface area contributed by atoms with Gasteiger partial charge in [-0.2, -0.15) is 0 Å². The Balaban J connectivity index is -0.000000359. The molecule has 10 saturated carbocycles. The normalized spacial score (nSPS) is 29.6. The molecule has 0 aromatic heterocycles. The van der Waals surface area contributed by atoms with Gasteiger partial charge in [0.05, 0.1) is 27.1 Å². The van der Waals surface area contributed by atoms with E-state index in [4.69, 9.17) is 23.7 Å². The summed E-state index contributed by atoms with van der Waals surface area (Å²) in [4.78, 5) is 60.8. The molecule has 0 aliphatic heterocycles. The second kappa shape index (κ2) is 48.4. The summed E-state index contributed by atoms with van der Waals surface area (Å²) in [6.45, 7) is 30.2. The zero-order chi connectivity index (χ0) is 64.5. The topological polar surface area (TPSA) is 132 Å². The predicted molar refractivity (Wildman–Crippen MR) is 424 cm³/mol. The van der Waals surface area contributed by atoms with E-state index in [0.717, 1.165) is 106 Å². The number of hydrogen-bond acceptors (Lipinski definition) is 10. The fourth-order valence-electron chi connectivity index (χ4n) is 16.9. The first-order valence-corrected chi connectivity index (χ1v) is 37.8. The van der Waals surface area contributed by atoms with Gasteiger partial charge < -0.3 is 23.7 Å². The Hall–Kier alpha value is -2.65. The van der Waals surface area contributed by atoms with Crippen LogP contribution in [0.4, 0.5) is 0 Å². The van der Waals surface area contributed by atoms with Gasteiger partial charge in [-0.15, -0.1) is 0 Å². The van der Waals surface area contributed by atoms with Crippen molar-refractivity contribution in [2.24, 2.45) is 86.3 Å². The molecule has 15 unspecified atom stereocenters. The highest BCUT2D eigenvalue weighted by atomic mass is 16.6. The molecule has 0 aromatic rings. The van der Waals surface area contributed by atoms with Crippen LogP contribution in [-0.2, 0) is 47.7 Å². The number of rotatable bonds is 15. The highest BCUT2D eigenvalue weighted by Gasteiger charge is 2.45. The average Bonchev–Trinajstić information content (AvgIpc) is 1.65. The van der Waals surface area contributed by atoms with E-state index in [2.05, 4.69) is 27.7 Å². The van der Waals surface area contributed by atoms with Gasteiger partial charge in [0, 0.05) is 0 Å². The summed E-state index contributed by atoms with van der Waals surface area (Å²) in [6.07, 6.45) is 47.8. The molecule has 0 saturated heterocycles. The van der Waals surface area contributed by atoms with Crippen LogP contribution in [0.15, 0.2) is 0 Å². The summed E-state index contributed by atoms with van der Waals surface area (Å²) in [6, 6.07) is 0. The summed E-state index contributed by atoms with van der Waals surface area (Å²) in [5.74, 6) is 7.79. The van der Waals surface area contributed by atoms with E-state index in [1.165, 1.54) is 173 Å². The van der Waals surface area contributed by atoms with Crippen LogP contribution in [0.1, 0.15) is 422 Å². The first-order valence-electron chi connectivity index (χ1n) is 37.8. The van der Waals surface area contributed by atoms with Crippen molar-refractivity contribution < 1.29 is 47.7 Å². The molecule has 98 heavy (non-hydrogen) atoms. The Morgan fingerprint density at radius 3 is 0.755 bits per heavy atom. The van der Waals surface area contributed by atoms with Crippen LogP contribution < -0.4 is 0 Å². The van der Waals surface area contributed by atoms with Gasteiger partial charge in [-0.05, 0) is 263 Å². The van der Waals surface area contributed by atoms with Gasteiger partial charge >= 0.3 is 29.8 Å². The summed E-state index contributed by atoms with van der Waals surface area (Å²) in [5, 5.41) is 0. The van der Waals surface area contributed by atoms with Crippen LogP contribution in [0.25, 0.3) is 0 Å². The maximum atomic E-state index is 12.3. The van der Waals surface area contributed by atoms with Crippen molar-refractivity contribution in [1.82, 2.24) is 0 Å². The molecule has 0 bridgehead atoms. The van der Waals surface area contributed by atoms with Crippen molar-refractivity contribution in [2.45, 2.75) is 453 Å². The van der Waals surface area contributed by atoms with Gasteiger partial charge in [0.2, 0.25) is 0 Å². The van der Waals surface area contributed by atoms with Crippen molar-refractivity contribution in [1.29, 1.82) is 0 Å². The van der Waals surface area contributed by atoms with Crippen LogP contribution in [-0.4, -0.2) is 60.4 Å². The average molecular weight is 1390 g/mol. The fourth-order valence-corrected chi connectivity index (χ4v) is 16.9. The van der Waals surface area contributed by atoms with Gasteiger partial charge in [-0.25, -0.2) is 0 Å². The number of hydrogen-bond donors (Lipinski definition) is 0. The summed E-state index contributed by atoms with van der Waals surface area (Å²) >= 11 is 0. The third kappa shape index (κ3) is 29.5. The van der Waals surface area contributed by atoms with Crippen LogP contribution in [0.5, 0.6) is 0 Å². The molecule has 0 spiro atoms. The number of carbonyl (C=O) groups excluding carboxylic acids is 5. The summed E-state index contributed by atoms with van der Waals surface area (Å²) in [7, 11) is 0. The van der Waals surface area contributed by atoms with Crippen LogP contribution in [0, 0.1) is 86.3 Å². The monoisotopic (exact) mass is 1390 g/mol. The van der Waals surface area contributed by atoms with Gasteiger partial charge in [0.25, 0.3) is 0 Å². The standard InChI is InChI=1S/C17H30O2.2C16H28O2.C15H26O2.C14H24O2.10CH4/c1-4-17(2,3)16(18)19-15-12-8-6-10-13-9-5-7-11-14(13)15;1-4-16(2,3)15(17)18-14-11-7-9-12-8-5-6-10-13(12)14;1-4-16(2,3)15(17)18-14-10-9-12-7-5-6-8-13(12)11-14;1-4-15(2,3)14(16)17-13-10-9-11-7-5-6-8-12(11)13;1-4-14(2,3)13(15)16-12-9-8-10-6-5-7-11(10)12;;;;;;;;;;/h13-15H,4-12H2,1-3H3;2*12-14H,4-11H2,1-3H3;11-13H,4-10H2,1-3H3;10-12H,4-9H2,1-3H3;10*1H4. The van der Waals surface area contributed by atoms with Crippen LogP contribution in [0.3, 0.4) is 0 Å². The first-order chi connectivity index (χ1) is 41.7. The quantitative estimate of drug-likeness (QED) is 0.115. The van der Waals surface area contributed by atoms with Crippen molar-refractivity contribution >= 4 is 29.8 Å². The van der Waals surface area contributed by atoms with Crippen LogP contribution >= 0.6 is 0 Å². The van der Waals surface area contributed by atoms with Crippen molar-refractivity contribution in [3.63, 3.8) is 0 Å². The zero-order valence-corrected chi connectivity index (χ0v) is 59.6. The van der Waals surface area contributed by atoms with Crippen LogP contribution in [0.2, 0.25) is 0 Å². The van der Waals surface area contributed by atoms with Gasteiger partial charge in [-0.3, -0.25) is 24.0 Å². The molecule has 0 heterocycles.